The van der Waals surface area contributed by atoms with Gasteiger partial charge < -0.3 is 10.0 Å². The van der Waals surface area contributed by atoms with Gasteiger partial charge in [0, 0.05) is 16.0 Å². The largest absolute Gasteiger partial charge is 0.382 e. The molecule has 0 saturated carbocycles. The summed E-state index contributed by atoms with van der Waals surface area (Å²) in [6, 6.07) is 5.40. The molecule has 1 atom stereocenters. The zero-order valence-electron chi connectivity index (χ0n) is 11.7. The molecule has 7 heteroatoms. The molecular weight excluding hydrogens is 421 g/mol. The molecule has 2 rings (SSSR count). The van der Waals surface area contributed by atoms with Gasteiger partial charge in [-0.25, -0.2) is 0 Å². The van der Waals surface area contributed by atoms with Crippen LogP contribution in [0.1, 0.15) is 17.4 Å². The number of benzene rings is 1. The Balaban J connectivity index is 2.33. The lowest BCUT2D eigenvalue weighted by Gasteiger charge is -2.17. The second-order valence-electron chi connectivity index (χ2n) is 5.01. The number of hydrogen-bond donors (Lipinski definition) is 1. The van der Waals surface area contributed by atoms with Crippen LogP contribution < -0.4 is 0 Å². The van der Waals surface area contributed by atoms with Gasteiger partial charge in [0.05, 0.1) is 22.9 Å². The van der Waals surface area contributed by atoms with E-state index in [1.54, 1.807) is 18.3 Å². The molecule has 0 spiro atoms. The molecule has 114 valence electrons. The minimum Gasteiger partial charge on any atom is -0.382 e. The normalized spacial score (nSPS) is 12.9. The lowest BCUT2D eigenvalue weighted by molar-refractivity contribution is 0.204. The van der Waals surface area contributed by atoms with Crippen molar-refractivity contribution in [3.63, 3.8) is 0 Å². The molecule has 1 aromatic heterocycles. The minimum absolute atomic E-state index is 0.578. The fourth-order valence-corrected chi connectivity index (χ4v) is 3.41. The van der Waals surface area contributed by atoms with Crippen LogP contribution in [0.3, 0.4) is 0 Å². The average Bonchev–Trinajstić information content (AvgIpc) is 2.75. The highest BCUT2D eigenvalue weighted by Crippen LogP contribution is 2.31. The summed E-state index contributed by atoms with van der Waals surface area (Å²) in [6.07, 6.45) is 0.910. The van der Waals surface area contributed by atoms with Crippen molar-refractivity contribution in [2.75, 3.05) is 20.6 Å². The van der Waals surface area contributed by atoms with Crippen molar-refractivity contribution < 1.29 is 5.11 Å². The van der Waals surface area contributed by atoms with Gasteiger partial charge in [0.25, 0.3) is 0 Å². The Hall–Kier alpha value is -0.400. The Morgan fingerprint density at radius 1 is 1.33 bits per heavy atom. The van der Waals surface area contributed by atoms with Crippen molar-refractivity contribution in [3.05, 3.63) is 49.6 Å². The molecular formula is C14H16Br2ClN3O. The predicted octanol–water partition coefficient (Wildman–Crippen LogP) is 3.70. The third-order valence-electron chi connectivity index (χ3n) is 3.05. The third-order valence-corrected chi connectivity index (χ3v) is 4.34. The maximum atomic E-state index is 10.7. The molecule has 0 fully saturated rings. The van der Waals surface area contributed by atoms with Crippen LogP contribution in [-0.4, -0.2) is 40.4 Å². The summed E-state index contributed by atoms with van der Waals surface area (Å²) in [5.41, 5.74) is 1.45. The van der Waals surface area contributed by atoms with E-state index in [0.717, 1.165) is 26.7 Å². The Bertz CT molecular complexity index is 610. The standard InChI is InChI=1S/C14H16Br2ClN3O/c1-19(2)3-4-20-13(12(16)8-18-20)14(21)9-5-10(15)7-11(17)6-9/h5-8,14,21H,3-4H2,1-2H3. The van der Waals surface area contributed by atoms with Gasteiger partial charge in [-0.2, -0.15) is 5.10 Å². The number of likely N-dealkylation sites (N-methyl/N-ethyl adjacent to an activating group) is 1. The molecule has 1 aromatic carbocycles. The summed E-state index contributed by atoms with van der Waals surface area (Å²) in [5.74, 6) is 0. The quantitative estimate of drug-likeness (QED) is 0.776. The van der Waals surface area contributed by atoms with E-state index in [0.29, 0.717) is 11.6 Å². The second kappa shape index (κ2) is 7.24. The van der Waals surface area contributed by atoms with Crippen molar-refractivity contribution in [1.82, 2.24) is 14.7 Å². The molecule has 0 amide bonds. The molecule has 0 bridgehead atoms. The molecule has 1 unspecified atom stereocenters. The summed E-state index contributed by atoms with van der Waals surface area (Å²) < 4.78 is 3.42. The molecule has 21 heavy (non-hydrogen) atoms. The van der Waals surface area contributed by atoms with E-state index in [9.17, 15) is 5.11 Å². The Morgan fingerprint density at radius 2 is 2.05 bits per heavy atom. The number of rotatable bonds is 5. The number of halogens is 3. The zero-order chi connectivity index (χ0) is 15.6. The maximum absolute atomic E-state index is 10.7. The summed E-state index contributed by atoms with van der Waals surface area (Å²) >= 11 is 12.9. The third kappa shape index (κ3) is 4.29. The van der Waals surface area contributed by atoms with E-state index in [-0.39, 0.29) is 0 Å². The van der Waals surface area contributed by atoms with Crippen LogP contribution in [0.5, 0.6) is 0 Å². The maximum Gasteiger partial charge on any atom is 0.122 e. The summed E-state index contributed by atoms with van der Waals surface area (Å²) in [5, 5.41) is 15.6. The first kappa shape index (κ1) is 17.0. The van der Waals surface area contributed by atoms with Crippen molar-refractivity contribution in [2.45, 2.75) is 12.6 Å². The van der Waals surface area contributed by atoms with E-state index in [4.69, 9.17) is 11.6 Å². The first-order valence-corrected chi connectivity index (χ1v) is 8.35. The number of aromatic nitrogens is 2. The van der Waals surface area contributed by atoms with Gasteiger partial charge in [-0.1, -0.05) is 27.5 Å². The van der Waals surface area contributed by atoms with Crippen molar-refractivity contribution in [3.8, 4) is 0 Å². The highest BCUT2D eigenvalue weighted by atomic mass is 79.9. The Labute approximate surface area is 146 Å². The molecule has 0 aliphatic carbocycles. The van der Waals surface area contributed by atoms with Gasteiger partial charge in [-0.15, -0.1) is 0 Å². The van der Waals surface area contributed by atoms with Gasteiger partial charge in [-0.3, -0.25) is 4.68 Å². The fraction of sp³-hybridized carbons (Fsp3) is 0.357. The van der Waals surface area contributed by atoms with Crippen LogP contribution in [-0.2, 0) is 6.54 Å². The average molecular weight is 438 g/mol. The van der Waals surface area contributed by atoms with Crippen LogP contribution in [0, 0.1) is 0 Å². The topological polar surface area (TPSA) is 41.3 Å². The van der Waals surface area contributed by atoms with E-state index >= 15 is 0 Å². The molecule has 0 saturated heterocycles. The van der Waals surface area contributed by atoms with Crippen molar-refractivity contribution in [2.24, 2.45) is 0 Å². The van der Waals surface area contributed by atoms with Crippen molar-refractivity contribution >= 4 is 43.5 Å². The lowest BCUT2D eigenvalue weighted by atomic mass is 10.1. The zero-order valence-corrected chi connectivity index (χ0v) is 15.7. The molecule has 0 aliphatic heterocycles. The van der Waals surface area contributed by atoms with Crippen molar-refractivity contribution in [1.29, 1.82) is 0 Å². The number of hydrogen-bond acceptors (Lipinski definition) is 3. The molecule has 1 heterocycles. The van der Waals surface area contributed by atoms with Gasteiger partial charge in [0.15, 0.2) is 0 Å². The smallest absolute Gasteiger partial charge is 0.122 e. The summed E-state index contributed by atoms with van der Waals surface area (Å²) in [6.45, 7) is 1.54. The molecule has 0 radical (unpaired) electrons. The Kier molecular flexibility index (Phi) is 5.85. The second-order valence-corrected chi connectivity index (χ2v) is 7.22. The van der Waals surface area contributed by atoms with E-state index < -0.39 is 6.10 Å². The van der Waals surface area contributed by atoms with Crippen LogP contribution >= 0.6 is 43.5 Å². The summed E-state index contributed by atoms with van der Waals surface area (Å²) in [4.78, 5) is 2.07. The van der Waals surface area contributed by atoms with Gasteiger partial charge in [0.2, 0.25) is 0 Å². The highest BCUT2D eigenvalue weighted by Gasteiger charge is 2.20. The lowest BCUT2D eigenvalue weighted by Crippen LogP contribution is -2.21. The monoisotopic (exact) mass is 435 g/mol. The van der Waals surface area contributed by atoms with Gasteiger partial charge in [-0.05, 0) is 53.8 Å². The van der Waals surface area contributed by atoms with Crippen LogP contribution in [0.15, 0.2) is 33.3 Å². The SMILES string of the molecule is CN(C)CCn1ncc(Br)c1C(O)c1cc(Cl)cc(Br)c1. The minimum atomic E-state index is -0.793. The number of aliphatic hydroxyl groups is 1. The van der Waals surface area contributed by atoms with Gasteiger partial charge in [0.1, 0.15) is 6.10 Å². The highest BCUT2D eigenvalue weighted by molar-refractivity contribution is 9.10. The molecule has 4 nitrogen and oxygen atoms in total. The van der Waals surface area contributed by atoms with Crippen LogP contribution in [0.25, 0.3) is 0 Å². The predicted molar refractivity (Wildman–Crippen MR) is 91.7 cm³/mol. The molecule has 1 N–H and O–H groups in total. The molecule has 2 aromatic rings. The summed E-state index contributed by atoms with van der Waals surface area (Å²) in [7, 11) is 4.01. The van der Waals surface area contributed by atoms with Crippen LogP contribution in [0.2, 0.25) is 5.02 Å². The van der Waals surface area contributed by atoms with E-state index in [2.05, 4.69) is 41.9 Å². The first-order chi connectivity index (χ1) is 9.88. The first-order valence-electron chi connectivity index (χ1n) is 6.38. The van der Waals surface area contributed by atoms with E-state index in [1.807, 2.05) is 24.8 Å². The molecule has 0 aliphatic rings. The number of nitrogens with zero attached hydrogens (tertiary/aromatic N) is 3. The van der Waals surface area contributed by atoms with Gasteiger partial charge >= 0.3 is 0 Å². The number of aliphatic hydroxyl groups excluding tert-OH is 1. The van der Waals surface area contributed by atoms with E-state index in [1.165, 1.54) is 0 Å². The van der Waals surface area contributed by atoms with Crippen LogP contribution in [0.4, 0.5) is 0 Å². The Morgan fingerprint density at radius 3 is 2.67 bits per heavy atom. The fourth-order valence-electron chi connectivity index (χ4n) is 2.01.